The second kappa shape index (κ2) is 6.09. The number of thiophene rings is 1. The van der Waals surface area contributed by atoms with Gasteiger partial charge in [0, 0.05) is 35.8 Å². The van der Waals surface area contributed by atoms with E-state index in [1.807, 2.05) is 0 Å². The van der Waals surface area contributed by atoms with Crippen molar-refractivity contribution in [1.29, 1.82) is 0 Å². The Morgan fingerprint density at radius 3 is 3.00 bits per heavy atom. The van der Waals surface area contributed by atoms with Crippen LogP contribution in [0.2, 0.25) is 0 Å². The second-order valence-corrected chi connectivity index (χ2v) is 8.22. The third-order valence-corrected chi connectivity index (χ3v) is 5.85. The molecular formula is C17H26N2OS. The highest BCUT2D eigenvalue weighted by Crippen LogP contribution is 2.32. The van der Waals surface area contributed by atoms with E-state index >= 15 is 0 Å². The van der Waals surface area contributed by atoms with Gasteiger partial charge in [0.05, 0.1) is 5.56 Å². The molecule has 1 atom stereocenters. The van der Waals surface area contributed by atoms with Crippen molar-refractivity contribution in [1.82, 2.24) is 10.2 Å². The molecule has 1 aromatic rings. The van der Waals surface area contributed by atoms with Gasteiger partial charge in [-0.05, 0) is 43.7 Å². The number of nitrogens with one attached hydrogen (secondary N) is 1. The molecule has 3 nitrogen and oxygen atoms in total. The van der Waals surface area contributed by atoms with Gasteiger partial charge in [-0.25, -0.2) is 0 Å². The quantitative estimate of drug-likeness (QED) is 0.907. The maximum Gasteiger partial charge on any atom is 0.254 e. The lowest BCUT2D eigenvalue weighted by atomic mass is 9.84. The Morgan fingerprint density at radius 2 is 2.29 bits per heavy atom. The van der Waals surface area contributed by atoms with Gasteiger partial charge in [0.25, 0.3) is 5.91 Å². The van der Waals surface area contributed by atoms with Crippen LogP contribution in [0.5, 0.6) is 0 Å². The predicted molar refractivity (Wildman–Crippen MR) is 88.1 cm³/mol. The molecule has 0 aliphatic carbocycles. The van der Waals surface area contributed by atoms with Gasteiger partial charge in [0.2, 0.25) is 0 Å². The van der Waals surface area contributed by atoms with Crippen molar-refractivity contribution in [3.05, 3.63) is 21.9 Å². The zero-order valence-electron chi connectivity index (χ0n) is 13.2. The van der Waals surface area contributed by atoms with Gasteiger partial charge >= 0.3 is 0 Å². The number of carbonyl (C=O) groups excluding carboxylic acids is 1. The van der Waals surface area contributed by atoms with Crippen LogP contribution in [0.15, 0.2) is 11.4 Å². The molecule has 1 unspecified atom stereocenters. The molecule has 0 spiro atoms. The molecule has 0 saturated carbocycles. The maximum absolute atomic E-state index is 12.7. The Balaban J connectivity index is 1.69. The number of piperidine rings is 2. The number of hydrogen-bond donors (Lipinski definition) is 1. The monoisotopic (exact) mass is 306 g/mol. The summed E-state index contributed by atoms with van der Waals surface area (Å²) in [6.45, 7) is 8.53. The molecule has 3 rings (SSSR count). The Morgan fingerprint density at radius 1 is 1.43 bits per heavy atom. The molecule has 2 fully saturated rings. The first kappa shape index (κ1) is 15.0. The van der Waals surface area contributed by atoms with Gasteiger partial charge in [0.15, 0.2) is 0 Å². The lowest BCUT2D eigenvalue weighted by molar-refractivity contribution is 0.0584. The SMILES string of the molecule is CC1(C)CCCN(C(=O)c2csc(C3CCCNC3)c2)C1. The second-order valence-electron chi connectivity index (χ2n) is 7.28. The van der Waals surface area contributed by atoms with Gasteiger partial charge in [-0.1, -0.05) is 13.8 Å². The van der Waals surface area contributed by atoms with Gasteiger partial charge < -0.3 is 10.2 Å². The van der Waals surface area contributed by atoms with Crippen molar-refractivity contribution in [3.63, 3.8) is 0 Å². The third kappa shape index (κ3) is 3.49. The third-order valence-electron chi connectivity index (χ3n) is 4.75. The summed E-state index contributed by atoms with van der Waals surface area (Å²) in [6.07, 6.45) is 4.84. The van der Waals surface area contributed by atoms with Crippen LogP contribution in [0.3, 0.4) is 0 Å². The summed E-state index contributed by atoms with van der Waals surface area (Å²) in [5, 5.41) is 5.52. The molecule has 1 N–H and O–H groups in total. The van der Waals surface area contributed by atoms with Crippen LogP contribution in [-0.2, 0) is 0 Å². The van der Waals surface area contributed by atoms with Crippen LogP contribution in [0.4, 0.5) is 0 Å². The zero-order valence-corrected chi connectivity index (χ0v) is 14.0. The summed E-state index contributed by atoms with van der Waals surface area (Å²) in [7, 11) is 0. The topological polar surface area (TPSA) is 32.3 Å². The lowest BCUT2D eigenvalue weighted by Gasteiger charge is -2.38. The fourth-order valence-electron chi connectivity index (χ4n) is 3.55. The predicted octanol–water partition coefficient (Wildman–Crippen LogP) is 3.48. The summed E-state index contributed by atoms with van der Waals surface area (Å²) in [5.74, 6) is 0.831. The minimum atomic E-state index is 0.231. The summed E-state index contributed by atoms with van der Waals surface area (Å²) < 4.78 is 0. The highest BCUT2D eigenvalue weighted by Gasteiger charge is 2.30. The van der Waals surface area contributed by atoms with Crippen molar-refractivity contribution in [2.24, 2.45) is 5.41 Å². The van der Waals surface area contributed by atoms with Crippen molar-refractivity contribution < 1.29 is 4.79 Å². The van der Waals surface area contributed by atoms with E-state index in [0.29, 0.717) is 5.92 Å². The van der Waals surface area contributed by atoms with E-state index in [0.717, 1.165) is 38.2 Å². The molecule has 3 heterocycles. The summed E-state index contributed by atoms with van der Waals surface area (Å²) in [4.78, 5) is 16.1. The molecule has 116 valence electrons. The Kier molecular flexibility index (Phi) is 4.36. The maximum atomic E-state index is 12.7. The zero-order chi connectivity index (χ0) is 14.9. The van der Waals surface area contributed by atoms with Crippen molar-refractivity contribution >= 4 is 17.2 Å². The van der Waals surface area contributed by atoms with Crippen molar-refractivity contribution in [2.75, 3.05) is 26.2 Å². The molecule has 0 radical (unpaired) electrons. The highest BCUT2D eigenvalue weighted by molar-refractivity contribution is 7.10. The largest absolute Gasteiger partial charge is 0.338 e. The first-order chi connectivity index (χ1) is 10.1. The van der Waals surface area contributed by atoms with E-state index in [2.05, 4.69) is 35.5 Å². The molecule has 2 aliphatic heterocycles. The van der Waals surface area contributed by atoms with Crippen LogP contribution < -0.4 is 5.32 Å². The van der Waals surface area contributed by atoms with Crippen LogP contribution in [0, 0.1) is 5.41 Å². The van der Waals surface area contributed by atoms with E-state index in [4.69, 9.17) is 0 Å². The van der Waals surface area contributed by atoms with E-state index in [1.165, 1.54) is 24.1 Å². The molecule has 4 heteroatoms. The smallest absolute Gasteiger partial charge is 0.254 e. The van der Waals surface area contributed by atoms with E-state index in [1.54, 1.807) is 11.3 Å². The van der Waals surface area contributed by atoms with Gasteiger partial charge in [-0.15, -0.1) is 11.3 Å². The summed E-state index contributed by atoms with van der Waals surface area (Å²) >= 11 is 1.76. The van der Waals surface area contributed by atoms with Gasteiger partial charge in [-0.2, -0.15) is 0 Å². The summed E-state index contributed by atoms with van der Waals surface area (Å²) in [6, 6.07) is 2.15. The minimum Gasteiger partial charge on any atom is -0.338 e. The first-order valence-corrected chi connectivity index (χ1v) is 9.02. The minimum absolute atomic E-state index is 0.231. The lowest BCUT2D eigenvalue weighted by Crippen LogP contribution is -2.43. The van der Waals surface area contributed by atoms with Crippen molar-refractivity contribution in [3.8, 4) is 0 Å². The summed E-state index contributed by atoms with van der Waals surface area (Å²) in [5.41, 5.74) is 1.17. The molecule has 1 amide bonds. The van der Waals surface area contributed by atoms with Gasteiger partial charge in [-0.3, -0.25) is 4.79 Å². The number of carbonyl (C=O) groups is 1. The van der Waals surface area contributed by atoms with Crippen LogP contribution >= 0.6 is 11.3 Å². The Bertz CT molecular complexity index is 503. The fraction of sp³-hybridized carbons (Fsp3) is 0.706. The van der Waals surface area contributed by atoms with Crippen LogP contribution in [-0.4, -0.2) is 37.0 Å². The average Bonchev–Trinajstić information content (AvgIpc) is 2.96. The van der Waals surface area contributed by atoms with E-state index in [-0.39, 0.29) is 11.3 Å². The first-order valence-electron chi connectivity index (χ1n) is 8.14. The molecule has 0 aromatic carbocycles. The van der Waals surface area contributed by atoms with Gasteiger partial charge in [0.1, 0.15) is 0 Å². The Labute approximate surface area is 131 Å². The van der Waals surface area contributed by atoms with Crippen molar-refractivity contribution in [2.45, 2.75) is 45.4 Å². The normalized spacial score (nSPS) is 25.8. The average molecular weight is 306 g/mol. The van der Waals surface area contributed by atoms with Crippen LogP contribution in [0.1, 0.15) is 60.7 Å². The molecular weight excluding hydrogens is 280 g/mol. The van der Waals surface area contributed by atoms with Crippen LogP contribution in [0.25, 0.3) is 0 Å². The fourth-order valence-corrected chi connectivity index (χ4v) is 4.57. The number of likely N-dealkylation sites (tertiary alicyclic amines) is 1. The number of nitrogens with zero attached hydrogens (tertiary/aromatic N) is 1. The molecule has 2 saturated heterocycles. The Hall–Kier alpha value is -0.870. The standard InChI is InChI=1S/C17H26N2OS/c1-17(2)6-4-8-19(12-17)16(20)14-9-15(21-11-14)13-5-3-7-18-10-13/h9,11,13,18H,3-8,10,12H2,1-2H3. The van der Waals surface area contributed by atoms with E-state index in [9.17, 15) is 4.79 Å². The molecule has 2 aliphatic rings. The molecule has 1 aromatic heterocycles. The number of amides is 1. The number of hydrogen-bond acceptors (Lipinski definition) is 3. The number of rotatable bonds is 2. The molecule has 0 bridgehead atoms. The molecule has 21 heavy (non-hydrogen) atoms. The van der Waals surface area contributed by atoms with E-state index < -0.39 is 0 Å². The highest BCUT2D eigenvalue weighted by atomic mass is 32.1.